The molecule has 4 heteroatoms. The minimum Gasteiger partial charge on any atom is -0.481 e. The van der Waals surface area contributed by atoms with Gasteiger partial charge in [0.25, 0.3) is 0 Å². The van der Waals surface area contributed by atoms with E-state index < -0.39 is 5.97 Å². The summed E-state index contributed by atoms with van der Waals surface area (Å²) in [5.41, 5.74) is 0. The summed E-state index contributed by atoms with van der Waals surface area (Å²) in [5.74, 6) is -0.712. The van der Waals surface area contributed by atoms with Gasteiger partial charge in [0, 0.05) is 25.2 Å². The van der Waals surface area contributed by atoms with Crippen LogP contribution in [0.4, 0.5) is 0 Å². The van der Waals surface area contributed by atoms with Crippen molar-refractivity contribution < 1.29 is 9.90 Å². The van der Waals surface area contributed by atoms with E-state index in [9.17, 15) is 4.79 Å². The number of rotatable bonds is 2. The molecule has 3 heterocycles. The van der Waals surface area contributed by atoms with Gasteiger partial charge in [-0.15, -0.1) is 0 Å². The maximum atomic E-state index is 10.8. The molecule has 2 unspecified atom stereocenters. The fraction of sp³-hybridized carbons (Fsp3) is 0.917. The third kappa shape index (κ3) is 1.74. The molecule has 3 aliphatic heterocycles. The van der Waals surface area contributed by atoms with Gasteiger partial charge in [0.15, 0.2) is 0 Å². The molecule has 0 aliphatic carbocycles. The molecule has 90 valence electrons. The van der Waals surface area contributed by atoms with Gasteiger partial charge in [-0.2, -0.15) is 0 Å². The van der Waals surface area contributed by atoms with E-state index >= 15 is 0 Å². The predicted molar refractivity (Wildman–Crippen MR) is 60.3 cm³/mol. The number of aliphatic carboxylic acids is 1. The van der Waals surface area contributed by atoms with Crippen LogP contribution in [0.2, 0.25) is 0 Å². The summed E-state index contributed by atoms with van der Waals surface area (Å²) in [5, 5.41) is 8.86. The Morgan fingerprint density at radius 2 is 1.81 bits per heavy atom. The number of hydrogen-bond acceptors (Lipinski definition) is 3. The Labute approximate surface area is 96.2 Å². The first-order valence-corrected chi connectivity index (χ1v) is 6.45. The Morgan fingerprint density at radius 3 is 2.56 bits per heavy atom. The zero-order valence-electron chi connectivity index (χ0n) is 9.64. The van der Waals surface area contributed by atoms with Gasteiger partial charge in [-0.3, -0.25) is 9.69 Å². The first-order valence-electron chi connectivity index (χ1n) is 6.45. The van der Waals surface area contributed by atoms with Gasteiger partial charge in [-0.25, -0.2) is 0 Å². The maximum absolute atomic E-state index is 10.8. The van der Waals surface area contributed by atoms with Crippen LogP contribution < -0.4 is 0 Å². The fourth-order valence-electron chi connectivity index (χ4n) is 3.50. The summed E-state index contributed by atoms with van der Waals surface area (Å²) in [7, 11) is 0. The lowest BCUT2D eigenvalue weighted by Gasteiger charge is -2.47. The van der Waals surface area contributed by atoms with Gasteiger partial charge in [-0.1, -0.05) is 0 Å². The topological polar surface area (TPSA) is 43.8 Å². The highest BCUT2D eigenvalue weighted by atomic mass is 16.4. The number of likely N-dealkylation sites (tertiary alicyclic amines) is 1. The van der Waals surface area contributed by atoms with Crippen molar-refractivity contribution in [1.82, 2.24) is 9.80 Å². The summed E-state index contributed by atoms with van der Waals surface area (Å²) >= 11 is 0. The van der Waals surface area contributed by atoms with Crippen LogP contribution in [0, 0.1) is 5.92 Å². The van der Waals surface area contributed by atoms with E-state index in [1.165, 1.54) is 38.8 Å². The SMILES string of the molecule is O=C(O)C1CN(C2CCN3CCCC3C2)C1. The largest absolute Gasteiger partial charge is 0.481 e. The molecule has 0 spiro atoms. The highest BCUT2D eigenvalue weighted by molar-refractivity contribution is 5.71. The lowest BCUT2D eigenvalue weighted by Crippen LogP contribution is -2.58. The van der Waals surface area contributed by atoms with E-state index in [1.807, 2.05) is 0 Å². The average molecular weight is 224 g/mol. The molecule has 0 aromatic heterocycles. The van der Waals surface area contributed by atoms with E-state index in [2.05, 4.69) is 9.80 Å². The van der Waals surface area contributed by atoms with Crippen molar-refractivity contribution in [3.05, 3.63) is 0 Å². The Hall–Kier alpha value is -0.610. The van der Waals surface area contributed by atoms with Crippen molar-refractivity contribution in [3.63, 3.8) is 0 Å². The zero-order chi connectivity index (χ0) is 11.1. The quantitative estimate of drug-likeness (QED) is 0.747. The van der Waals surface area contributed by atoms with Crippen molar-refractivity contribution in [1.29, 1.82) is 0 Å². The monoisotopic (exact) mass is 224 g/mol. The Kier molecular flexibility index (Phi) is 2.64. The molecule has 3 fully saturated rings. The second kappa shape index (κ2) is 4.00. The third-order valence-electron chi connectivity index (χ3n) is 4.57. The van der Waals surface area contributed by atoms with E-state index in [4.69, 9.17) is 5.11 Å². The van der Waals surface area contributed by atoms with Crippen molar-refractivity contribution in [2.24, 2.45) is 5.92 Å². The van der Waals surface area contributed by atoms with E-state index in [-0.39, 0.29) is 5.92 Å². The fourth-order valence-corrected chi connectivity index (χ4v) is 3.50. The Bertz CT molecular complexity index is 289. The van der Waals surface area contributed by atoms with Gasteiger partial charge in [-0.05, 0) is 38.8 Å². The van der Waals surface area contributed by atoms with Crippen LogP contribution in [-0.2, 0) is 4.79 Å². The first-order chi connectivity index (χ1) is 7.74. The highest BCUT2D eigenvalue weighted by Gasteiger charge is 2.40. The van der Waals surface area contributed by atoms with Crippen molar-refractivity contribution in [2.75, 3.05) is 26.2 Å². The van der Waals surface area contributed by atoms with Gasteiger partial charge in [0.2, 0.25) is 0 Å². The van der Waals surface area contributed by atoms with Gasteiger partial charge in [0.1, 0.15) is 0 Å². The molecule has 3 aliphatic rings. The second-order valence-corrected chi connectivity index (χ2v) is 5.50. The molecule has 4 nitrogen and oxygen atoms in total. The minimum atomic E-state index is -0.616. The second-order valence-electron chi connectivity index (χ2n) is 5.50. The molecular weight excluding hydrogens is 204 g/mol. The van der Waals surface area contributed by atoms with Crippen LogP contribution in [0.5, 0.6) is 0 Å². The van der Waals surface area contributed by atoms with Crippen LogP contribution in [0.15, 0.2) is 0 Å². The molecule has 3 saturated heterocycles. The molecule has 0 aromatic rings. The maximum Gasteiger partial charge on any atom is 0.309 e. The van der Waals surface area contributed by atoms with Crippen LogP contribution in [0.3, 0.4) is 0 Å². The standard InChI is InChI=1S/C12H20N2O2/c15-12(16)9-7-14(8-9)11-3-5-13-4-1-2-10(13)6-11/h9-11H,1-8H2,(H,15,16). The summed E-state index contributed by atoms with van der Waals surface area (Å²) in [6, 6.07) is 1.46. The zero-order valence-corrected chi connectivity index (χ0v) is 9.64. The summed E-state index contributed by atoms with van der Waals surface area (Å²) in [4.78, 5) is 15.8. The number of carboxylic acids is 1. The molecule has 0 amide bonds. The number of piperidine rings is 1. The molecular formula is C12H20N2O2. The lowest BCUT2D eigenvalue weighted by atomic mass is 9.90. The first kappa shape index (κ1) is 10.5. The van der Waals surface area contributed by atoms with E-state index in [0.717, 1.165) is 19.1 Å². The third-order valence-corrected chi connectivity index (χ3v) is 4.57. The molecule has 16 heavy (non-hydrogen) atoms. The normalized spacial score (nSPS) is 37.0. The van der Waals surface area contributed by atoms with E-state index in [1.54, 1.807) is 0 Å². The predicted octanol–water partition coefficient (Wildman–Crippen LogP) is 0.630. The van der Waals surface area contributed by atoms with Crippen LogP contribution in [-0.4, -0.2) is 59.1 Å². The number of fused-ring (bicyclic) bond motifs is 1. The number of carbonyl (C=O) groups is 1. The Morgan fingerprint density at radius 1 is 1.06 bits per heavy atom. The van der Waals surface area contributed by atoms with Crippen molar-refractivity contribution >= 4 is 5.97 Å². The lowest BCUT2D eigenvalue weighted by molar-refractivity contribution is -0.149. The summed E-state index contributed by atoms with van der Waals surface area (Å²) in [6.07, 6.45) is 5.22. The Balaban J connectivity index is 1.52. The average Bonchev–Trinajstić information content (AvgIpc) is 2.61. The van der Waals surface area contributed by atoms with Crippen molar-refractivity contribution in [3.8, 4) is 0 Å². The number of carboxylic acid groups (broad SMARTS) is 1. The van der Waals surface area contributed by atoms with Gasteiger partial charge >= 0.3 is 5.97 Å². The molecule has 0 bridgehead atoms. The van der Waals surface area contributed by atoms with Crippen LogP contribution >= 0.6 is 0 Å². The van der Waals surface area contributed by atoms with Gasteiger partial charge < -0.3 is 10.0 Å². The summed E-state index contributed by atoms with van der Waals surface area (Å²) in [6.45, 7) is 4.08. The molecule has 0 aromatic carbocycles. The van der Waals surface area contributed by atoms with Crippen LogP contribution in [0.25, 0.3) is 0 Å². The minimum absolute atomic E-state index is 0.0957. The molecule has 2 atom stereocenters. The van der Waals surface area contributed by atoms with Crippen LogP contribution in [0.1, 0.15) is 25.7 Å². The molecule has 0 saturated carbocycles. The van der Waals surface area contributed by atoms with E-state index in [0.29, 0.717) is 6.04 Å². The number of nitrogens with zero attached hydrogens (tertiary/aromatic N) is 2. The highest BCUT2D eigenvalue weighted by Crippen LogP contribution is 2.32. The molecule has 1 N–H and O–H groups in total. The summed E-state index contributed by atoms with van der Waals surface area (Å²) < 4.78 is 0. The number of hydrogen-bond donors (Lipinski definition) is 1. The van der Waals surface area contributed by atoms with Gasteiger partial charge in [0.05, 0.1) is 5.92 Å². The molecule has 0 radical (unpaired) electrons. The smallest absolute Gasteiger partial charge is 0.309 e. The molecule has 3 rings (SSSR count). The van der Waals surface area contributed by atoms with Crippen molar-refractivity contribution in [2.45, 2.75) is 37.8 Å².